The van der Waals surface area contributed by atoms with Gasteiger partial charge >= 0.3 is 0 Å². The van der Waals surface area contributed by atoms with Gasteiger partial charge in [0.25, 0.3) is 0 Å². The number of pyridine rings is 1. The van der Waals surface area contributed by atoms with Gasteiger partial charge in [-0.25, -0.2) is 4.98 Å². The zero-order chi connectivity index (χ0) is 13.7. The Morgan fingerprint density at radius 2 is 2.00 bits per heavy atom. The second-order valence-corrected chi connectivity index (χ2v) is 5.57. The van der Waals surface area contributed by atoms with Crippen LogP contribution in [0.2, 0.25) is 0 Å². The Kier molecular flexibility index (Phi) is 5.00. The molecule has 2 nitrogen and oxygen atoms in total. The second-order valence-electron chi connectivity index (χ2n) is 4.58. The van der Waals surface area contributed by atoms with Gasteiger partial charge in [-0.15, -0.1) is 11.8 Å². The van der Waals surface area contributed by atoms with Crippen LogP contribution in [0.5, 0.6) is 0 Å². The summed E-state index contributed by atoms with van der Waals surface area (Å²) in [4.78, 5) is 4.43. The van der Waals surface area contributed by atoms with Crippen molar-refractivity contribution in [1.82, 2.24) is 4.98 Å². The van der Waals surface area contributed by atoms with Crippen LogP contribution in [0, 0.1) is 6.92 Å². The van der Waals surface area contributed by atoms with Crippen LogP contribution in [0.1, 0.15) is 36.1 Å². The average Bonchev–Trinajstić information content (AvgIpc) is 2.45. The van der Waals surface area contributed by atoms with E-state index in [1.807, 2.05) is 19.9 Å². The Bertz CT molecular complexity index is 528. The monoisotopic (exact) mass is 273 g/mol. The zero-order valence-electron chi connectivity index (χ0n) is 11.3. The van der Waals surface area contributed by atoms with Crippen LogP contribution < -0.4 is 0 Å². The summed E-state index contributed by atoms with van der Waals surface area (Å²) in [5.74, 6) is 0.920. The summed E-state index contributed by atoms with van der Waals surface area (Å²) >= 11 is 1.72. The highest BCUT2D eigenvalue weighted by molar-refractivity contribution is 7.98. The molecule has 0 radical (unpaired) electrons. The molecule has 1 aromatic heterocycles. The van der Waals surface area contributed by atoms with Crippen molar-refractivity contribution in [3.8, 4) is 0 Å². The van der Waals surface area contributed by atoms with Crippen molar-refractivity contribution < 1.29 is 5.11 Å². The number of aromatic nitrogens is 1. The van der Waals surface area contributed by atoms with Gasteiger partial charge in [0.2, 0.25) is 0 Å². The van der Waals surface area contributed by atoms with Crippen LogP contribution in [-0.4, -0.2) is 10.1 Å². The summed E-state index contributed by atoms with van der Waals surface area (Å²) in [6.45, 7) is 4.00. The van der Waals surface area contributed by atoms with E-state index in [9.17, 15) is 5.11 Å². The minimum Gasteiger partial charge on any atom is -0.388 e. The fourth-order valence-corrected chi connectivity index (χ4v) is 2.81. The zero-order valence-corrected chi connectivity index (χ0v) is 12.2. The van der Waals surface area contributed by atoms with E-state index in [4.69, 9.17) is 0 Å². The van der Waals surface area contributed by atoms with Crippen molar-refractivity contribution in [1.29, 1.82) is 0 Å². The molecule has 1 aromatic carbocycles. The number of rotatable bonds is 5. The first-order chi connectivity index (χ1) is 9.20. The number of aliphatic hydroxyl groups excluding tert-OH is 1. The maximum absolute atomic E-state index is 9.86. The first-order valence-electron chi connectivity index (χ1n) is 6.52. The van der Waals surface area contributed by atoms with Crippen LogP contribution in [0.4, 0.5) is 0 Å². The van der Waals surface area contributed by atoms with Gasteiger partial charge in [-0.3, -0.25) is 0 Å². The third-order valence-corrected chi connectivity index (χ3v) is 4.10. The number of thioether (sulfide) groups is 1. The summed E-state index contributed by atoms with van der Waals surface area (Å²) in [6, 6.07) is 12.4. The third kappa shape index (κ3) is 3.82. The van der Waals surface area contributed by atoms with Crippen LogP contribution in [0.3, 0.4) is 0 Å². The van der Waals surface area contributed by atoms with Gasteiger partial charge < -0.3 is 5.11 Å². The molecule has 1 N–H and O–H groups in total. The molecular weight excluding hydrogens is 254 g/mol. The molecule has 100 valence electrons. The molecule has 0 aliphatic heterocycles. The summed E-state index contributed by atoms with van der Waals surface area (Å²) < 4.78 is 0. The molecule has 0 saturated carbocycles. The van der Waals surface area contributed by atoms with Gasteiger partial charge in [0.05, 0.1) is 11.1 Å². The average molecular weight is 273 g/mol. The lowest BCUT2D eigenvalue weighted by Gasteiger charge is -2.12. The summed E-state index contributed by atoms with van der Waals surface area (Å²) in [5, 5.41) is 10.9. The molecule has 2 rings (SSSR count). The lowest BCUT2D eigenvalue weighted by molar-refractivity contribution is 0.172. The highest BCUT2D eigenvalue weighted by Crippen LogP contribution is 2.25. The summed E-state index contributed by atoms with van der Waals surface area (Å²) in [5.41, 5.74) is 3.34. The molecule has 1 atom stereocenters. The first kappa shape index (κ1) is 14.1. The minimum atomic E-state index is -0.402. The Morgan fingerprint density at radius 1 is 1.26 bits per heavy atom. The van der Waals surface area contributed by atoms with E-state index in [0.717, 1.165) is 28.3 Å². The number of hydrogen-bond donors (Lipinski definition) is 1. The molecule has 0 unspecified atom stereocenters. The number of aryl methyl sites for hydroxylation is 1. The Labute approximate surface area is 118 Å². The molecule has 2 aromatic rings. The van der Waals surface area contributed by atoms with Crippen molar-refractivity contribution >= 4 is 11.8 Å². The number of hydrogen-bond acceptors (Lipinski definition) is 3. The third-order valence-electron chi connectivity index (χ3n) is 3.10. The van der Waals surface area contributed by atoms with Crippen LogP contribution in [0.25, 0.3) is 0 Å². The van der Waals surface area contributed by atoms with Crippen LogP contribution in [-0.2, 0) is 5.75 Å². The molecule has 0 amide bonds. The Morgan fingerprint density at radius 3 is 2.63 bits per heavy atom. The topological polar surface area (TPSA) is 33.1 Å². The van der Waals surface area contributed by atoms with Crippen molar-refractivity contribution in [2.45, 2.75) is 37.2 Å². The maximum atomic E-state index is 9.86. The van der Waals surface area contributed by atoms with E-state index in [0.29, 0.717) is 0 Å². The first-order valence-corrected chi connectivity index (χ1v) is 7.50. The summed E-state index contributed by atoms with van der Waals surface area (Å²) in [7, 11) is 0. The van der Waals surface area contributed by atoms with E-state index in [1.54, 1.807) is 18.0 Å². The molecule has 0 aliphatic carbocycles. The van der Waals surface area contributed by atoms with E-state index in [1.165, 1.54) is 5.56 Å². The largest absolute Gasteiger partial charge is 0.388 e. The van der Waals surface area contributed by atoms with E-state index in [-0.39, 0.29) is 0 Å². The maximum Gasteiger partial charge on any atom is 0.0965 e. The lowest BCUT2D eigenvalue weighted by atomic mass is 10.1. The second kappa shape index (κ2) is 6.73. The predicted octanol–water partition coefficient (Wildman–Crippen LogP) is 4.13. The minimum absolute atomic E-state index is 0.402. The lowest BCUT2D eigenvalue weighted by Crippen LogP contribution is -1.99. The van der Waals surface area contributed by atoms with Gasteiger partial charge in [-0.05, 0) is 30.5 Å². The van der Waals surface area contributed by atoms with Gasteiger partial charge in [0.1, 0.15) is 0 Å². The smallest absolute Gasteiger partial charge is 0.0965 e. The Hall–Kier alpha value is -1.32. The number of benzene rings is 1. The molecular formula is C16H19NOS. The van der Waals surface area contributed by atoms with Crippen LogP contribution in [0.15, 0.2) is 47.6 Å². The molecule has 0 spiro atoms. The molecule has 1 heterocycles. The highest BCUT2D eigenvalue weighted by atomic mass is 32.2. The van der Waals surface area contributed by atoms with Gasteiger partial charge in [-0.1, -0.05) is 37.3 Å². The molecule has 0 fully saturated rings. The molecule has 0 aliphatic rings. The molecule has 19 heavy (non-hydrogen) atoms. The normalized spacial score (nSPS) is 12.4. The fraction of sp³-hybridized carbons (Fsp3) is 0.312. The van der Waals surface area contributed by atoms with E-state index in [2.05, 4.69) is 35.3 Å². The predicted molar refractivity (Wildman–Crippen MR) is 80.2 cm³/mol. The highest BCUT2D eigenvalue weighted by Gasteiger charge is 2.09. The molecule has 0 bridgehead atoms. The van der Waals surface area contributed by atoms with Gasteiger partial charge in [-0.2, -0.15) is 0 Å². The molecule has 3 heteroatoms. The van der Waals surface area contributed by atoms with Crippen molar-refractivity contribution in [2.24, 2.45) is 0 Å². The van der Waals surface area contributed by atoms with Crippen molar-refractivity contribution in [3.05, 3.63) is 59.3 Å². The fourth-order valence-electron chi connectivity index (χ4n) is 1.92. The van der Waals surface area contributed by atoms with Gasteiger partial charge in [0, 0.05) is 17.5 Å². The van der Waals surface area contributed by atoms with E-state index >= 15 is 0 Å². The number of aliphatic hydroxyl groups is 1. The summed E-state index contributed by atoms with van der Waals surface area (Å²) in [6.07, 6.45) is 2.12. The van der Waals surface area contributed by atoms with E-state index < -0.39 is 6.10 Å². The standard InChI is InChI=1S/C16H19NOS/c1-3-15(18)14-10-17-16(9-12(14)2)19-11-13-7-5-4-6-8-13/h4-10,15,18H,3,11H2,1-2H3/t15-/m0/s1. The van der Waals surface area contributed by atoms with Crippen LogP contribution >= 0.6 is 11.8 Å². The van der Waals surface area contributed by atoms with Crippen molar-refractivity contribution in [3.63, 3.8) is 0 Å². The van der Waals surface area contributed by atoms with Crippen molar-refractivity contribution in [2.75, 3.05) is 0 Å². The Balaban J connectivity index is 2.04. The van der Waals surface area contributed by atoms with Gasteiger partial charge in [0.15, 0.2) is 0 Å². The number of nitrogens with zero attached hydrogens (tertiary/aromatic N) is 1. The quantitative estimate of drug-likeness (QED) is 0.832. The molecule has 0 saturated heterocycles. The SMILES string of the molecule is CC[C@H](O)c1cnc(SCc2ccccc2)cc1C.